The third-order valence-electron chi connectivity index (χ3n) is 5.72. The van der Waals surface area contributed by atoms with E-state index >= 15 is 0 Å². The van der Waals surface area contributed by atoms with Gasteiger partial charge in [0.15, 0.2) is 17.3 Å². The van der Waals surface area contributed by atoms with E-state index in [1.165, 1.54) is 18.5 Å². The Kier molecular flexibility index (Phi) is 5.24. The van der Waals surface area contributed by atoms with E-state index in [1.54, 1.807) is 6.07 Å². The molecule has 10 heteroatoms. The zero-order valence-corrected chi connectivity index (χ0v) is 18.6. The van der Waals surface area contributed by atoms with Crippen molar-refractivity contribution in [3.8, 4) is 11.1 Å². The first-order chi connectivity index (χ1) is 15.4. The van der Waals surface area contributed by atoms with Crippen LogP contribution in [0.25, 0.3) is 22.2 Å². The summed E-state index contributed by atoms with van der Waals surface area (Å²) >= 11 is 3.47. The fraction of sp³-hybridized carbons (Fsp3) is 0.227. The number of rotatable bonds is 3. The Morgan fingerprint density at radius 1 is 0.906 bits per heavy atom. The van der Waals surface area contributed by atoms with Crippen molar-refractivity contribution in [1.82, 2.24) is 20.2 Å². The SMILES string of the molecule is Cc1cc(F)c(-c2ccc(F)c(F)c2)cc1N1CCN(c2ncnc3n[nH]c(Br)c23)CC1. The number of piperazine rings is 1. The Hall–Kier alpha value is -3.14. The zero-order valence-electron chi connectivity index (χ0n) is 17.0. The predicted molar refractivity (Wildman–Crippen MR) is 120 cm³/mol. The van der Waals surface area contributed by atoms with Crippen molar-refractivity contribution >= 4 is 38.5 Å². The molecule has 6 nitrogen and oxygen atoms in total. The van der Waals surface area contributed by atoms with Crippen molar-refractivity contribution < 1.29 is 13.2 Å². The predicted octanol–water partition coefficient (Wildman–Crippen LogP) is 4.83. The Labute approximate surface area is 190 Å². The van der Waals surface area contributed by atoms with Crippen molar-refractivity contribution in [2.75, 3.05) is 36.0 Å². The van der Waals surface area contributed by atoms with Crippen molar-refractivity contribution in [3.05, 3.63) is 64.3 Å². The lowest BCUT2D eigenvalue weighted by Crippen LogP contribution is -2.47. The number of aromatic nitrogens is 4. The molecule has 1 aliphatic rings. The summed E-state index contributed by atoms with van der Waals surface area (Å²) in [4.78, 5) is 13.0. The maximum absolute atomic E-state index is 14.7. The quantitative estimate of drug-likeness (QED) is 0.434. The summed E-state index contributed by atoms with van der Waals surface area (Å²) < 4.78 is 42.5. The lowest BCUT2D eigenvalue weighted by atomic mass is 10.0. The topological polar surface area (TPSA) is 60.9 Å². The van der Waals surface area contributed by atoms with Gasteiger partial charge in [0.05, 0.1) is 5.39 Å². The minimum atomic E-state index is -1.00. The second-order valence-corrected chi connectivity index (χ2v) is 8.45. The monoisotopic (exact) mass is 502 g/mol. The van der Waals surface area contributed by atoms with Crippen LogP contribution < -0.4 is 9.80 Å². The van der Waals surface area contributed by atoms with E-state index < -0.39 is 17.5 Å². The Balaban J connectivity index is 1.42. The van der Waals surface area contributed by atoms with Gasteiger partial charge in [0.25, 0.3) is 0 Å². The summed E-state index contributed by atoms with van der Waals surface area (Å²) in [5.41, 5.74) is 2.78. The standard InChI is InChI=1S/C22H18BrF3N6/c1-12-8-16(25)14(13-2-3-15(24)17(26)9-13)10-18(12)31-4-6-32(7-5-31)22-19-20(23)29-30-21(19)27-11-28-22/h2-3,8-11H,4-7H2,1H3,(H,27,28,29,30). The molecule has 4 aromatic rings. The van der Waals surface area contributed by atoms with Gasteiger partial charge in [0.1, 0.15) is 22.6 Å². The molecule has 0 unspecified atom stereocenters. The molecular weight excluding hydrogens is 485 g/mol. The Morgan fingerprint density at radius 3 is 2.41 bits per heavy atom. The first-order valence-corrected chi connectivity index (χ1v) is 10.8. The van der Waals surface area contributed by atoms with Gasteiger partial charge in [-0.2, -0.15) is 5.10 Å². The van der Waals surface area contributed by atoms with Crippen LogP contribution in [0.5, 0.6) is 0 Å². The molecule has 32 heavy (non-hydrogen) atoms. The van der Waals surface area contributed by atoms with Gasteiger partial charge in [0.2, 0.25) is 0 Å². The van der Waals surface area contributed by atoms with Crippen LogP contribution in [0.2, 0.25) is 0 Å². The highest BCUT2D eigenvalue weighted by molar-refractivity contribution is 9.10. The van der Waals surface area contributed by atoms with Gasteiger partial charge < -0.3 is 9.80 Å². The van der Waals surface area contributed by atoms with E-state index in [0.717, 1.165) is 39.2 Å². The Bertz CT molecular complexity index is 1320. The van der Waals surface area contributed by atoms with Crippen LogP contribution in [0.4, 0.5) is 24.7 Å². The molecule has 0 aliphatic carbocycles. The molecule has 0 spiro atoms. The molecule has 2 aromatic carbocycles. The number of nitrogens with one attached hydrogen (secondary N) is 1. The highest BCUT2D eigenvalue weighted by Gasteiger charge is 2.24. The molecule has 3 heterocycles. The van der Waals surface area contributed by atoms with Crippen LogP contribution in [-0.4, -0.2) is 46.3 Å². The van der Waals surface area contributed by atoms with Crippen LogP contribution in [0.1, 0.15) is 5.56 Å². The van der Waals surface area contributed by atoms with Gasteiger partial charge in [-0.25, -0.2) is 23.1 Å². The average Bonchev–Trinajstić information content (AvgIpc) is 3.17. The normalized spacial score (nSPS) is 14.4. The number of aryl methyl sites for hydroxylation is 1. The van der Waals surface area contributed by atoms with E-state index in [0.29, 0.717) is 37.4 Å². The van der Waals surface area contributed by atoms with Crippen LogP contribution in [0, 0.1) is 24.4 Å². The summed E-state index contributed by atoms with van der Waals surface area (Å²) in [7, 11) is 0. The molecule has 1 N–H and O–H groups in total. The summed E-state index contributed by atoms with van der Waals surface area (Å²) in [6, 6.07) is 6.57. The average molecular weight is 503 g/mol. The molecule has 1 aliphatic heterocycles. The highest BCUT2D eigenvalue weighted by Crippen LogP contribution is 2.33. The number of nitrogens with zero attached hydrogens (tertiary/aromatic N) is 5. The molecule has 2 aromatic heterocycles. The van der Waals surface area contributed by atoms with Crippen molar-refractivity contribution in [1.29, 1.82) is 0 Å². The molecule has 0 radical (unpaired) electrons. The summed E-state index contributed by atoms with van der Waals surface area (Å²) in [6.07, 6.45) is 1.50. The van der Waals surface area contributed by atoms with Gasteiger partial charge in [-0.1, -0.05) is 6.07 Å². The number of hydrogen-bond acceptors (Lipinski definition) is 5. The summed E-state index contributed by atoms with van der Waals surface area (Å²) in [5, 5.41) is 7.87. The highest BCUT2D eigenvalue weighted by atomic mass is 79.9. The fourth-order valence-electron chi connectivity index (χ4n) is 4.09. The molecule has 0 atom stereocenters. The van der Waals surface area contributed by atoms with Gasteiger partial charge in [0, 0.05) is 37.4 Å². The van der Waals surface area contributed by atoms with E-state index in [4.69, 9.17) is 0 Å². The lowest BCUT2D eigenvalue weighted by Gasteiger charge is -2.37. The van der Waals surface area contributed by atoms with E-state index in [-0.39, 0.29) is 5.56 Å². The number of aromatic amines is 1. The van der Waals surface area contributed by atoms with E-state index in [9.17, 15) is 13.2 Å². The zero-order chi connectivity index (χ0) is 22.4. The van der Waals surface area contributed by atoms with Crippen LogP contribution in [0.3, 0.4) is 0 Å². The number of hydrogen-bond donors (Lipinski definition) is 1. The number of H-pyrrole nitrogens is 1. The largest absolute Gasteiger partial charge is 0.368 e. The lowest BCUT2D eigenvalue weighted by molar-refractivity contribution is 0.509. The smallest absolute Gasteiger partial charge is 0.187 e. The van der Waals surface area contributed by atoms with Gasteiger partial charge in [-0.3, -0.25) is 5.10 Å². The van der Waals surface area contributed by atoms with Crippen LogP contribution in [0.15, 0.2) is 41.3 Å². The number of halogens is 4. The van der Waals surface area contributed by atoms with Crippen LogP contribution in [-0.2, 0) is 0 Å². The Morgan fingerprint density at radius 2 is 1.66 bits per heavy atom. The second kappa shape index (κ2) is 8.09. The molecule has 164 valence electrons. The van der Waals surface area contributed by atoms with Gasteiger partial charge in [-0.05, 0) is 58.2 Å². The fourth-order valence-corrected chi connectivity index (χ4v) is 4.54. The molecule has 5 rings (SSSR count). The summed E-state index contributed by atoms with van der Waals surface area (Å²) in [6.45, 7) is 4.60. The van der Waals surface area contributed by atoms with Gasteiger partial charge >= 0.3 is 0 Å². The third-order valence-corrected chi connectivity index (χ3v) is 6.30. The molecule has 1 fully saturated rings. The molecule has 0 saturated carbocycles. The summed E-state index contributed by atoms with van der Waals surface area (Å²) in [5.74, 6) is -1.63. The number of benzene rings is 2. The van der Waals surface area contributed by atoms with Gasteiger partial charge in [-0.15, -0.1) is 0 Å². The number of anilines is 2. The van der Waals surface area contributed by atoms with Crippen molar-refractivity contribution in [2.24, 2.45) is 0 Å². The van der Waals surface area contributed by atoms with Crippen LogP contribution >= 0.6 is 15.9 Å². The first kappa shape index (κ1) is 20.7. The van der Waals surface area contributed by atoms with E-state index in [2.05, 4.69) is 45.9 Å². The molecule has 0 bridgehead atoms. The van der Waals surface area contributed by atoms with Crippen molar-refractivity contribution in [2.45, 2.75) is 6.92 Å². The number of fused-ring (bicyclic) bond motifs is 1. The maximum Gasteiger partial charge on any atom is 0.187 e. The second-order valence-electron chi connectivity index (χ2n) is 7.65. The van der Waals surface area contributed by atoms with E-state index in [1.807, 2.05) is 6.92 Å². The van der Waals surface area contributed by atoms with Crippen molar-refractivity contribution in [3.63, 3.8) is 0 Å². The maximum atomic E-state index is 14.7. The minimum Gasteiger partial charge on any atom is -0.368 e. The third kappa shape index (κ3) is 3.58. The minimum absolute atomic E-state index is 0.242. The first-order valence-electron chi connectivity index (χ1n) is 10.0. The molecule has 1 saturated heterocycles. The molecule has 0 amide bonds. The molecular formula is C22H18BrF3N6.